The van der Waals surface area contributed by atoms with E-state index in [1.807, 2.05) is 0 Å². The predicted molar refractivity (Wildman–Crippen MR) is 90.9 cm³/mol. The Morgan fingerprint density at radius 3 is 2.72 bits per heavy atom. The summed E-state index contributed by atoms with van der Waals surface area (Å²) in [6, 6.07) is 12.9. The zero-order chi connectivity index (χ0) is 17.8. The Balaban J connectivity index is 1.74. The van der Waals surface area contributed by atoms with Gasteiger partial charge in [-0.1, -0.05) is 17.3 Å². The largest absolute Gasteiger partial charge is 0.497 e. The lowest BCUT2D eigenvalue weighted by molar-refractivity contribution is 0.102. The van der Waals surface area contributed by atoms with Gasteiger partial charge >= 0.3 is 0 Å². The number of nitrogen functional groups attached to an aromatic ring is 1. The molecule has 128 valence electrons. The molecule has 0 aliphatic carbocycles. The number of rotatable bonds is 5. The second kappa shape index (κ2) is 7.00. The minimum absolute atomic E-state index is 0.00669. The first-order valence-corrected chi connectivity index (χ1v) is 7.45. The van der Waals surface area contributed by atoms with Crippen molar-refractivity contribution >= 4 is 17.4 Å². The smallest absolute Gasteiger partial charge is 0.280 e. The number of methoxy groups -OCH3 is 1. The number of anilines is 2. The number of carbonyl (C=O) groups excluding carboxylic acids is 1. The lowest BCUT2D eigenvalue weighted by Gasteiger charge is -2.06. The molecule has 7 nitrogen and oxygen atoms in total. The van der Waals surface area contributed by atoms with E-state index in [4.69, 9.17) is 10.5 Å². The molecule has 3 N–H and O–H groups in total. The maximum Gasteiger partial charge on any atom is 0.280 e. The van der Waals surface area contributed by atoms with Crippen LogP contribution in [-0.2, 0) is 6.54 Å². The van der Waals surface area contributed by atoms with Crippen molar-refractivity contribution in [2.75, 3.05) is 18.2 Å². The molecule has 1 aromatic heterocycles. The summed E-state index contributed by atoms with van der Waals surface area (Å²) < 4.78 is 19.7. The molecule has 0 spiro atoms. The highest BCUT2D eigenvalue weighted by Gasteiger charge is 2.18. The van der Waals surface area contributed by atoms with E-state index in [0.717, 1.165) is 0 Å². The Kier molecular flexibility index (Phi) is 4.60. The minimum Gasteiger partial charge on any atom is -0.497 e. The summed E-state index contributed by atoms with van der Waals surface area (Å²) in [4.78, 5) is 12.3. The van der Waals surface area contributed by atoms with Gasteiger partial charge in [-0.2, -0.15) is 0 Å². The van der Waals surface area contributed by atoms with Crippen LogP contribution in [0.5, 0.6) is 5.75 Å². The van der Waals surface area contributed by atoms with E-state index in [2.05, 4.69) is 15.6 Å². The molecule has 3 rings (SSSR count). The zero-order valence-electron chi connectivity index (χ0n) is 13.4. The third kappa shape index (κ3) is 3.74. The molecule has 0 radical (unpaired) electrons. The van der Waals surface area contributed by atoms with Gasteiger partial charge in [0.1, 0.15) is 11.6 Å². The number of hydrogen-bond acceptors (Lipinski definition) is 5. The van der Waals surface area contributed by atoms with Gasteiger partial charge in [0.25, 0.3) is 5.91 Å². The highest BCUT2D eigenvalue weighted by atomic mass is 19.1. The SMILES string of the molecule is COc1ccc(NC(=O)c2nnn(Cc3cccc(F)c3)c2N)cc1. The van der Waals surface area contributed by atoms with Crippen molar-refractivity contribution in [2.45, 2.75) is 6.54 Å². The van der Waals surface area contributed by atoms with Crippen LogP contribution in [-0.4, -0.2) is 28.0 Å². The number of hydrogen-bond donors (Lipinski definition) is 2. The molecule has 0 aliphatic heterocycles. The number of halogens is 1. The molecule has 3 aromatic rings. The second-order valence-electron chi connectivity index (χ2n) is 5.29. The normalized spacial score (nSPS) is 10.5. The van der Waals surface area contributed by atoms with Crippen LogP contribution in [0, 0.1) is 5.82 Å². The first-order chi connectivity index (χ1) is 12.1. The van der Waals surface area contributed by atoms with Crippen LogP contribution in [0.25, 0.3) is 0 Å². The van der Waals surface area contributed by atoms with Crippen molar-refractivity contribution in [3.05, 3.63) is 65.6 Å². The highest BCUT2D eigenvalue weighted by Crippen LogP contribution is 2.17. The van der Waals surface area contributed by atoms with E-state index in [1.165, 1.54) is 16.8 Å². The molecule has 0 unspecified atom stereocenters. The molecule has 0 aliphatic rings. The molecule has 0 bridgehead atoms. The van der Waals surface area contributed by atoms with Crippen LogP contribution in [0.2, 0.25) is 0 Å². The van der Waals surface area contributed by atoms with Crippen LogP contribution < -0.4 is 15.8 Å². The molecule has 1 amide bonds. The van der Waals surface area contributed by atoms with Crippen LogP contribution in [0.4, 0.5) is 15.9 Å². The van der Waals surface area contributed by atoms with Gasteiger partial charge in [-0.05, 0) is 42.0 Å². The topological polar surface area (TPSA) is 95.1 Å². The average Bonchev–Trinajstić information content (AvgIpc) is 2.96. The third-order valence-corrected chi connectivity index (χ3v) is 3.56. The number of nitrogens with zero attached hydrogens (tertiary/aromatic N) is 3. The molecule has 0 saturated heterocycles. The molecule has 0 fully saturated rings. The summed E-state index contributed by atoms with van der Waals surface area (Å²) in [5.41, 5.74) is 7.20. The number of ether oxygens (including phenoxy) is 1. The maximum atomic E-state index is 13.3. The van der Waals surface area contributed by atoms with Gasteiger partial charge in [-0.25, -0.2) is 9.07 Å². The molecule has 1 heterocycles. The first-order valence-electron chi connectivity index (χ1n) is 7.45. The molecule has 8 heteroatoms. The number of carbonyl (C=O) groups is 1. The van der Waals surface area contributed by atoms with Crippen molar-refractivity contribution < 1.29 is 13.9 Å². The van der Waals surface area contributed by atoms with E-state index in [9.17, 15) is 9.18 Å². The van der Waals surface area contributed by atoms with E-state index in [1.54, 1.807) is 43.5 Å². The fraction of sp³-hybridized carbons (Fsp3) is 0.118. The molecular weight excluding hydrogens is 325 g/mol. The summed E-state index contributed by atoms with van der Waals surface area (Å²) in [7, 11) is 1.56. The Bertz CT molecular complexity index is 892. The van der Waals surface area contributed by atoms with Gasteiger partial charge in [0, 0.05) is 5.69 Å². The van der Waals surface area contributed by atoms with Crippen molar-refractivity contribution in [1.29, 1.82) is 0 Å². The highest BCUT2D eigenvalue weighted by molar-refractivity contribution is 6.05. The Morgan fingerprint density at radius 1 is 1.28 bits per heavy atom. The Morgan fingerprint density at radius 2 is 2.04 bits per heavy atom. The van der Waals surface area contributed by atoms with E-state index in [-0.39, 0.29) is 23.9 Å². The van der Waals surface area contributed by atoms with Gasteiger partial charge in [-0.15, -0.1) is 5.10 Å². The summed E-state index contributed by atoms with van der Waals surface area (Å²) in [6.07, 6.45) is 0. The Hall–Kier alpha value is -3.42. The van der Waals surface area contributed by atoms with Crippen molar-refractivity contribution in [3.63, 3.8) is 0 Å². The second-order valence-corrected chi connectivity index (χ2v) is 5.29. The number of amides is 1. The van der Waals surface area contributed by atoms with Crippen LogP contribution in [0.3, 0.4) is 0 Å². The van der Waals surface area contributed by atoms with Crippen molar-refractivity contribution in [2.24, 2.45) is 0 Å². The summed E-state index contributed by atoms with van der Waals surface area (Å²) >= 11 is 0. The van der Waals surface area contributed by atoms with Crippen LogP contribution in [0.1, 0.15) is 16.1 Å². The molecule has 25 heavy (non-hydrogen) atoms. The van der Waals surface area contributed by atoms with Crippen LogP contribution >= 0.6 is 0 Å². The predicted octanol–water partition coefficient (Wildman–Crippen LogP) is 2.31. The number of nitrogens with one attached hydrogen (secondary N) is 1. The first kappa shape index (κ1) is 16.4. The summed E-state index contributed by atoms with van der Waals surface area (Å²) in [6.45, 7) is 0.215. The minimum atomic E-state index is -0.479. The molecular formula is C17H16FN5O2. The maximum absolute atomic E-state index is 13.3. The standard InChI is InChI=1S/C17H16FN5O2/c1-25-14-7-5-13(6-8-14)20-17(24)15-16(19)23(22-21-15)10-11-3-2-4-12(18)9-11/h2-9H,10,19H2,1H3,(H,20,24). The summed E-state index contributed by atoms with van der Waals surface area (Å²) in [5.74, 6) is -0.0457. The average molecular weight is 341 g/mol. The number of benzene rings is 2. The fourth-order valence-corrected chi connectivity index (χ4v) is 2.27. The van der Waals surface area contributed by atoms with E-state index < -0.39 is 5.91 Å². The monoisotopic (exact) mass is 341 g/mol. The third-order valence-electron chi connectivity index (χ3n) is 3.56. The van der Waals surface area contributed by atoms with Gasteiger partial charge in [0.15, 0.2) is 11.5 Å². The van der Waals surface area contributed by atoms with E-state index >= 15 is 0 Å². The van der Waals surface area contributed by atoms with Crippen molar-refractivity contribution in [3.8, 4) is 5.75 Å². The van der Waals surface area contributed by atoms with Crippen molar-refractivity contribution in [1.82, 2.24) is 15.0 Å². The van der Waals surface area contributed by atoms with E-state index in [0.29, 0.717) is 17.0 Å². The quantitative estimate of drug-likeness (QED) is 0.742. The lowest BCUT2D eigenvalue weighted by atomic mass is 10.2. The van der Waals surface area contributed by atoms with Gasteiger partial charge in [0.05, 0.1) is 13.7 Å². The Labute approximate surface area is 143 Å². The lowest BCUT2D eigenvalue weighted by Crippen LogP contribution is -2.15. The van der Waals surface area contributed by atoms with Gasteiger partial charge in [-0.3, -0.25) is 4.79 Å². The summed E-state index contributed by atoms with van der Waals surface area (Å²) in [5, 5.41) is 10.4. The van der Waals surface area contributed by atoms with Gasteiger partial charge < -0.3 is 15.8 Å². The van der Waals surface area contributed by atoms with Crippen LogP contribution in [0.15, 0.2) is 48.5 Å². The number of aromatic nitrogens is 3. The fourth-order valence-electron chi connectivity index (χ4n) is 2.27. The molecule has 0 saturated carbocycles. The van der Waals surface area contributed by atoms with Gasteiger partial charge in [0.2, 0.25) is 0 Å². The molecule has 0 atom stereocenters. The molecule has 2 aromatic carbocycles. The zero-order valence-corrected chi connectivity index (χ0v) is 13.4. The number of nitrogens with two attached hydrogens (primary N) is 1.